The summed E-state index contributed by atoms with van der Waals surface area (Å²) in [7, 11) is 1.47. The number of carbonyl (C=O) groups is 3. The maximum Gasteiger partial charge on any atom is 0.328 e. The second-order valence-corrected chi connectivity index (χ2v) is 7.87. The zero-order chi connectivity index (χ0) is 22.1. The molecule has 1 aliphatic carbocycles. The lowest BCUT2D eigenvalue weighted by Gasteiger charge is -2.14. The van der Waals surface area contributed by atoms with Crippen LogP contribution in [0.15, 0.2) is 42.5 Å². The molecule has 2 aromatic carbocycles. The van der Waals surface area contributed by atoms with E-state index in [1.165, 1.54) is 17.9 Å². The first-order chi connectivity index (χ1) is 14.9. The van der Waals surface area contributed by atoms with E-state index in [-0.39, 0.29) is 16.8 Å². The van der Waals surface area contributed by atoms with Crippen LogP contribution < -0.4 is 20.8 Å². The monoisotopic (exact) mass is 460 g/mol. The lowest BCUT2D eigenvalue weighted by atomic mass is 10.2. The van der Waals surface area contributed by atoms with E-state index in [0.29, 0.717) is 27.4 Å². The predicted octanol–water partition coefficient (Wildman–Crippen LogP) is 3.56. The molecule has 31 heavy (non-hydrogen) atoms. The van der Waals surface area contributed by atoms with Crippen LogP contribution in [-0.2, 0) is 9.59 Å². The third-order valence-electron chi connectivity index (χ3n) is 4.75. The molecule has 10 heteroatoms. The van der Waals surface area contributed by atoms with E-state index in [4.69, 9.17) is 27.9 Å². The maximum absolute atomic E-state index is 13.1. The molecule has 0 atom stereocenters. The smallest absolute Gasteiger partial charge is 0.328 e. The summed E-state index contributed by atoms with van der Waals surface area (Å²) in [5.74, 6) is -1.80. The molecule has 3 N–H and O–H groups in total. The quantitative estimate of drug-likeness (QED) is 0.506. The molecule has 8 nitrogen and oxygen atoms in total. The van der Waals surface area contributed by atoms with Gasteiger partial charge in [-0.2, -0.15) is 0 Å². The van der Waals surface area contributed by atoms with Gasteiger partial charge in [0.25, 0.3) is 5.91 Å². The number of hydrogen-bond acceptors (Lipinski definition) is 4. The average Bonchev–Trinajstić information content (AvgIpc) is 3.48. The summed E-state index contributed by atoms with van der Waals surface area (Å²) >= 11 is 12.1. The zero-order valence-electron chi connectivity index (χ0n) is 16.4. The van der Waals surface area contributed by atoms with Gasteiger partial charge in [0, 0.05) is 16.5 Å². The lowest BCUT2D eigenvalue weighted by Crippen LogP contribution is -2.40. The van der Waals surface area contributed by atoms with Crippen molar-refractivity contribution in [3.63, 3.8) is 0 Å². The number of nitrogens with zero attached hydrogens (tertiary/aromatic N) is 1. The number of aromatic nitrogens is 1. The highest BCUT2D eigenvalue weighted by molar-refractivity contribution is 6.38. The van der Waals surface area contributed by atoms with Crippen molar-refractivity contribution in [2.45, 2.75) is 18.9 Å². The number of amides is 3. The van der Waals surface area contributed by atoms with Crippen LogP contribution in [-0.4, -0.2) is 35.5 Å². The van der Waals surface area contributed by atoms with Crippen molar-refractivity contribution in [1.29, 1.82) is 0 Å². The number of ether oxygens (including phenoxy) is 1. The van der Waals surface area contributed by atoms with Crippen LogP contribution in [0.25, 0.3) is 10.9 Å². The molecule has 1 saturated carbocycles. The summed E-state index contributed by atoms with van der Waals surface area (Å²) in [6, 6.07) is 11.5. The Morgan fingerprint density at radius 2 is 1.84 bits per heavy atom. The number of methoxy groups -OCH3 is 1. The van der Waals surface area contributed by atoms with Crippen molar-refractivity contribution in [2.75, 3.05) is 17.9 Å². The first-order valence-corrected chi connectivity index (χ1v) is 10.2. The largest absolute Gasteiger partial charge is 0.494 e. The van der Waals surface area contributed by atoms with Gasteiger partial charge in [0.15, 0.2) is 0 Å². The standard InChI is InChI=1S/C21H18Cl2N4O4/c1-31-17-4-2-3-11-9-16(19(28)25-15-8-5-12(22)10-14(15)23)27(18(11)17)26-21(30)20(29)24-13-6-7-13/h2-5,8-10,13H,6-7H2,1H3,(H,24,29)(H,25,28)(H,26,30). The third kappa shape index (κ3) is 4.45. The third-order valence-corrected chi connectivity index (χ3v) is 5.30. The van der Waals surface area contributed by atoms with Crippen LogP contribution in [0.1, 0.15) is 23.3 Å². The molecule has 0 spiro atoms. The average molecular weight is 461 g/mol. The molecule has 0 radical (unpaired) electrons. The van der Waals surface area contributed by atoms with Crippen LogP contribution in [0.4, 0.5) is 5.69 Å². The molecule has 1 aromatic heterocycles. The number of para-hydroxylation sites is 1. The van der Waals surface area contributed by atoms with Crippen LogP contribution in [0.2, 0.25) is 10.0 Å². The highest BCUT2D eigenvalue weighted by atomic mass is 35.5. The topological polar surface area (TPSA) is 101 Å². The van der Waals surface area contributed by atoms with Gasteiger partial charge in [-0.3, -0.25) is 19.8 Å². The van der Waals surface area contributed by atoms with Crippen molar-refractivity contribution in [2.24, 2.45) is 0 Å². The van der Waals surface area contributed by atoms with Gasteiger partial charge < -0.3 is 15.4 Å². The first-order valence-electron chi connectivity index (χ1n) is 9.44. The summed E-state index contributed by atoms with van der Waals surface area (Å²) in [5.41, 5.74) is 3.36. The number of benzene rings is 2. The summed E-state index contributed by atoms with van der Waals surface area (Å²) < 4.78 is 6.63. The molecule has 0 bridgehead atoms. The summed E-state index contributed by atoms with van der Waals surface area (Å²) in [4.78, 5) is 37.7. The summed E-state index contributed by atoms with van der Waals surface area (Å²) in [6.45, 7) is 0. The second kappa shape index (κ2) is 8.49. The lowest BCUT2D eigenvalue weighted by molar-refractivity contribution is -0.136. The zero-order valence-corrected chi connectivity index (χ0v) is 17.9. The molecule has 4 rings (SSSR count). The van der Waals surface area contributed by atoms with E-state index in [1.54, 1.807) is 36.4 Å². The minimum atomic E-state index is -0.895. The first kappa shape index (κ1) is 21.0. The van der Waals surface area contributed by atoms with Crippen LogP contribution in [0.5, 0.6) is 5.75 Å². The number of rotatable bonds is 5. The van der Waals surface area contributed by atoms with Crippen molar-refractivity contribution in [1.82, 2.24) is 9.99 Å². The fourth-order valence-electron chi connectivity index (χ4n) is 3.08. The summed E-state index contributed by atoms with van der Waals surface area (Å²) in [6.07, 6.45) is 1.68. The SMILES string of the molecule is COc1cccc2cc(C(=O)Nc3ccc(Cl)cc3Cl)n(NC(=O)C(=O)NC3CC3)c12. The van der Waals surface area contributed by atoms with Gasteiger partial charge >= 0.3 is 11.8 Å². The minimum Gasteiger partial charge on any atom is -0.494 e. The Hall–Kier alpha value is -3.23. The highest BCUT2D eigenvalue weighted by Crippen LogP contribution is 2.30. The van der Waals surface area contributed by atoms with E-state index in [2.05, 4.69) is 16.1 Å². The Morgan fingerprint density at radius 1 is 1.06 bits per heavy atom. The second-order valence-electron chi connectivity index (χ2n) is 7.03. The van der Waals surface area contributed by atoms with Gasteiger partial charge in [-0.05, 0) is 43.2 Å². The van der Waals surface area contributed by atoms with Crippen molar-refractivity contribution >= 4 is 57.5 Å². The molecule has 160 valence electrons. The molecular weight excluding hydrogens is 443 g/mol. The van der Waals surface area contributed by atoms with Crippen LogP contribution in [0, 0.1) is 0 Å². The molecule has 0 aliphatic heterocycles. The van der Waals surface area contributed by atoms with Gasteiger partial charge in [0.2, 0.25) is 0 Å². The molecule has 1 aliphatic rings. The fraction of sp³-hybridized carbons (Fsp3) is 0.190. The van der Waals surface area contributed by atoms with Gasteiger partial charge in [-0.1, -0.05) is 35.3 Å². The van der Waals surface area contributed by atoms with Gasteiger partial charge in [0.1, 0.15) is 17.0 Å². The van der Waals surface area contributed by atoms with Crippen molar-refractivity contribution in [3.8, 4) is 5.75 Å². The Morgan fingerprint density at radius 3 is 2.52 bits per heavy atom. The van der Waals surface area contributed by atoms with Gasteiger partial charge in [-0.25, -0.2) is 4.68 Å². The van der Waals surface area contributed by atoms with E-state index in [9.17, 15) is 14.4 Å². The minimum absolute atomic E-state index is 0.0176. The summed E-state index contributed by atoms with van der Waals surface area (Å²) in [5, 5.41) is 6.63. The van der Waals surface area contributed by atoms with Gasteiger partial charge in [0.05, 0.1) is 17.8 Å². The van der Waals surface area contributed by atoms with E-state index < -0.39 is 17.7 Å². The number of fused-ring (bicyclic) bond motifs is 1. The van der Waals surface area contributed by atoms with E-state index >= 15 is 0 Å². The Labute approximate surface area is 187 Å². The maximum atomic E-state index is 13.1. The number of nitrogens with one attached hydrogen (secondary N) is 3. The number of halogens is 2. The Kier molecular flexibility index (Phi) is 5.75. The van der Waals surface area contributed by atoms with E-state index in [1.807, 2.05) is 0 Å². The molecule has 0 saturated heterocycles. The van der Waals surface area contributed by atoms with Gasteiger partial charge in [-0.15, -0.1) is 0 Å². The Balaban J connectivity index is 1.71. The number of anilines is 1. The molecule has 1 fully saturated rings. The van der Waals surface area contributed by atoms with Crippen LogP contribution in [0.3, 0.4) is 0 Å². The van der Waals surface area contributed by atoms with Crippen LogP contribution >= 0.6 is 23.2 Å². The molecule has 3 amide bonds. The van der Waals surface area contributed by atoms with Crippen molar-refractivity contribution < 1.29 is 19.1 Å². The fourth-order valence-corrected chi connectivity index (χ4v) is 3.54. The Bertz CT molecular complexity index is 1200. The molecule has 1 heterocycles. The molecule has 0 unspecified atom stereocenters. The van der Waals surface area contributed by atoms with E-state index in [0.717, 1.165) is 12.8 Å². The molecule has 3 aromatic rings. The number of hydrogen-bond donors (Lipinski definition) is 3. The molecular formula is C21H18Cl2N4O4. The highest BCUT2D eigenvalue weighted by Gasteiger charge is 2.28. The number of carbonyl (C=O) groups excluding carboxylic acids is 3. The normalized spacial score (nSPS) is 13.0. The van der Waals surface area contributed by atoms with Crippen molar-refractivity contribution in [3.05, 3.63) is 58.2 Å². The predicted molar refractivity (Wildman–Crippen MR) is 118 cm³/mol.